The van der Waals surface area contributed by atoms with Crippen molar-refractivity contribution in [1.29, 1.82) is 0 Å². The summed E-state index contributed by atoms with van der Waals surface area (Å²) in [7, 11) is 5.33. The van der Waals surface area contributed by atoms with E-state index in [1.807, 2.05) is 42.5 Å². The standard InChI is InChI=1S/C36H40N6O4S2.C14H10O4S2.C11H17N3O.2ClH/c43-33(41-27-13-11-21-37-25-27)19-3-1-9-23-39-35(45)29-15-5-7-17-31(29)47-48-32-18-8-6-16-30(32)36(46)40-24-10-2-4-20-34(44)42-28-14-12-22-38-26-28;15-13(16)9-5-1-3-7-11(9)19-20-12-8-4-2-6-10(12)14(17)18;12-7-3-1-2-6-11(15)14-10-5-4-8-13-9-10;;/h5-8,11-18,21-22,25-26H,1-4,9-10,19-20,23-24H2,(H,39,45)(H,40,46)(H,41,43)(H,42,44);1-8H,(H,15,16)(H,17,18);4-5,8-9H,1-3,6-7,12H2,(H,14,15);2*1H. The molecule has 0 fully saturated rings. The van der Waals surface area contributed by atoms with Crippen LogP contribution in [0.2, 0.25) is 0 Å². The molecule has 0 saturated heterocycles. The van der Waals surface area contributed by atoms with Gasteiger partial charge in [-0.25, -0.2) is 9.59 Å². The first-order chi connectivity index (χ1) is 40.4. The average Bonchev–Trinajstić information content (AvgIpc) is 3.59. The molecule has 3 heterocycles. The van der Waals surface area contributed by atoms with Crippen molar-refractivity contribution in [2.45, 2.75) is 96.6 Å². The molecule has 24 heteroatoms. The van der Waals surface area contributed by atoms with Crippen molar-refractivity contribution in [1.82, 2.24) is 25.6 Å². The number of carboxylic acid groups (broad SMARTS) is 2. The molecule has 0 aliphatic heterocycles. The number of carbonyl (C=O) groups excluding carboxylic acids is 5. The Balaban J connectivity index is 0.000000417. The zero-order chi connectivity index (χ0) is 59.3. The van der Waals surface area contributed by atoms with Crippen molar-refractivity contribution in [2.75, 3.05) is 35.6 Å². The molecule has 0 radical (unpaired) electrons. The summed E-state index contributed by atoms with van der Waals surface area (Å²) < 4.78 is 0. The van der Waals surface area contributed by atoms with Crippen LogP contribution in [0.25, 0.3) is 0 Å². The minimum Gasteiger partial charge on any atom is -0.478 e. The Kier molecular flexibility index (Phi) is 35.8. The van der Waals surface area contributed by atoms with E-state index in [9.17, 15) is 33.6 Å². The molecule has 3 aromatic heterocycles. The van der Waals surface area contributed by atoms with Crippen molar-refractivity contribution in [3.05, 3.63) is 193 Å². The molecule has 0 unspecified atom stereocenters. The number of carboxylic acids is 2. The number of aromatic nitrogens is 3. The highest BCUT2D eigenvalue weighted by Gasteiger charge is 2.17. The summed E-state index contributed by atoms with van der Waals surface area (Å²) >= 11 is 0. The summed E-state index contributed by atoms with van der Waals surface area (Å²) in [5.41, 5.74) is 9.03. The fraction of sp³-hybridized carbons (Fsp3) is 0.246. The van der Waals surface area contributed by atoms with Crippen LogP contribution in [-0.2, 0) is 14.4 Å². The van der Waals surface area contributed by atoms with Crippen LogP contribution in [0.3, 0.4) is 0 Å². The molecule has 0 saturated carbocycles. The number of hydrogen-bond donors (Lipinski definition) is 8. The Morgan fingerprint density at radius 3 is 0.965 bits per heavy atom. The number of rotatable bonds is 30. The number of benzene rings is 4. The first kappa shape index (κ1) is 71.8. The van der Waals surface area contributed by atoms with Gasteiger partial charge >= 0.3 is 11.9 Å². The lowest BCUT2D eigenvalue weighted by Crippen LogP contribution is -2.25. The van der Waals surface area contributed by atoms with Crippen LogP contribution in [0, 0.1) is 0 Å². The van der Waals surface area contributed by atoms with E-state index in [1.54, 1.807) is 116 Å². The molecule has 4 aromatic carbocycles. The van der Waals surface area contributed by atoms with Gasteiger partial charge in [0.2, 0.25) is 17.7 Å². The Bertz CT molecular complexity index is 2990. The normalized spacial score (nSPS) is 10.1. The Labute approximate surface area is 523 Å². The maximum absolute atomic E-state index is 13.0. The predicted molar refractivity (Wildman–Crippen MR) is 345 cm³/mol. The number of halogens is 2. The third-order valence-corrected chi connectivity index (χ3v) is 16.6. The van der Waals surface area contributed by atoms with Crippen molar-refractivity contribution in [3.8, 4) is 0 Å². The molecule has 85 heavy (non-hydrogen) atoms. The number of nitrogens with two attached hydrogens (primary N) is 1. The highest BCUT2D eigenvalue weighted by Crippen LogP contribution is 2.41. The minimum absolute atomic E-state index is 0. The van der Waals surface area contributed by atoms with Gasteiger partial charge in [0.1, 0.15) is 0 Å². The number of hydrogen-bond acceptors (Lipinski definition) is 15. The first-order valence-corrected chi connectivity index (χ1v) is 31.1. The third kappa shape index (κ3) is 28.3. The fourth-order valence-corrected chi connectivity index (χ4v) is 12.1. The van der Waals surface area contributed by atoms with Gasteiger partial charge in [-0.3, -0.25) is 38.9 Å². The van der Waals surface area contributed by atoms with Gasteiger partial charge in [-0.15, -0.1) is 24.8 Å². The van der Waals surface area contributed by atoms with E-state index in [0.29, 0.717) is 71.2 Å². The van der Waals surface area contributed by atoms with Crippen LogP contribution in [0.4, 0.5) is 17.1 Å². The molecule has 450 valence electrons. The number of pyridine rings is 3. The summed E-state index contributed by atoms with van der Waals surface area (Å²) in [4.78, 5) is 98.5. The Hall–Kier alpha value is -7.44. The Morgan fingerprint density at radius 2 is 0.671 bits per heavy atom. The summed E-state index contributed by atoms with van der Waals surface area (Å²) in [5.74, 6) is -2.38. The molecule has 0 aliphatic rings. The highest BCUT2D eigenvalue weighted by atomic mass is 35.5. The van der Waals surface area contributed by atoms with Crippen LogP contribution >= 0.6 is 68.0 Å². The SMILES string of the molecule is Cl.Cl.NCCCCCC(=O)Nc1cccnc1.O=C(CCCCCNC(=O)c1ccccc1SSc1ccccc1C(=O)NCCCCCC(=O)Nc1cccnc1)Nc1cccnc1.O=C(O)c1ccccc1SSc1ccccc1C(=O)O. The third-order valence-electron chi connectivity index (χ3n) is 11.6. The number of carbonyl (C=O) groups is 7. The number of aromatic carboxylic acids is 2. The summed E-state index contributed by atoms with van der Waals surface area (Å²) in [5, 5.41) is 32.6. The lowest BCUT2D eigenvalue weighted by Gasteiger charge is -2.12. The van der Waals surface area contributed by atoms with Crippen LogP contribution < -0.4 is 32.3 Å². The summed E-state index contributed by atoms with van der Waals surface area (Å²) in [6.45, 7) is 1.72. The maximum atomic E-state index is 13.0. The predicted octanol–water partition coefficient (Wildman–Crippen LogP) is 13.4. The summed E-state index contributed by atoms with van der Waals surface area (Å²) in [6.07, 6.45) is 18.7. The lowest BCUT2D eigenvalue weighted by atomic mass is 10.1. The molecule has 0 aliphatic carbocycles. The van der Waals surface area contributed by atoms with Gasteiger partial charge in [-0.05, 0) is 130 Å². The molecular formula is C61H69Cl2N9O9S4. The number of anilines is 3. The van der Waals surface area contributed by atoms with Gasteiger partial charge < -0.3 is 42.5 Å². The molecular weight excluding hydrogens is 1200 g/mol. The minimum atomic E-state index is -1.000. The van der Waals surface area contributed by atoms with Gasteiger partial charge in [0.15, 0.2) is 0 Å². The van der Waals surface area contributed by atoms with Crippen molar-refractivity contribution >= 4 is 127 Å². The van der Waals surface area contributed by atoms with E-state index >= 15 is 0 Å². The van der Waals surface area contributed by atoms with Crippen molar-refractivity contribution < 1.29 is 43.8 Å². The second-order valence-electron chi connectivity index (χ2n) is 18.0. The number of nitrogens with one attached hydrogen (secondary N) is 5. The highest BCUT2D eigenvalue weighted by molar-refractivity contribution is 8.77. The topological polar surface area (TPSA) is 285 Å². The molecule has 0 spiro atoms. The van der Waals surface area contributed by atoms with Gasteiger partial charge in [-0.1, -0.05) is 111 Å². The van der Waals surface area contributed by atoms with E-state index < -0.39 is 11.9 Å². The van der Waals surface area contributed by atoms with Crippen molar-refractivity contribution in [2.24, 2.45) is 5.73 Å². The second kappa shape index (κ2) is 42.4. The van der Waals surface area contributed by atoms with Crippen LogP contribution in [0.5, 0.6) is 0 Å². The number of amides is 5. The largest absolute Gasteiger partial charge is 0.478 e. The fourth-order valence-electron chi connectivity index (χ4n) is 7.42. The monoisotopic (exact) mass is 1270 g/mol. The quantitative estimate of drug-likeness (QED) is 0.0153. The first-order valence-electron chi connectivity index (χ1n) is 26.8. The van der Waals surface area contributed by atoms with Gasteiger partial charge in [0.25, 0.3) is 11.8 Å². The van der Waals surface area contributed by atoms with Crippen molar-refractivity contribution in [3.63, 3.8) is 0 Å². The average molecular weight is 1270 g/mol. The van der Waals surface area contributed by atoms with E-state index in [0.717, 1.165) is 73.3 Å². The number of nitrogens with zero attached hydrogens (tertiary/aromatic N) is 3. The van der Waals surface area contributed by atoms with Gasteiger partial charge in [0, 0.05) is 70.5 Å². The molecule has 18 nitrogen and oxygen atoms in total. The van der Waals surface area contributed by atoms with Gasteiger partial charge in [-0.2, -0.15) is 0 Å². The van der Waals surface area contributed by atoms with E-state index in [4.69, 9.17) is 15.9 Å². The summed E-state index contributed by atoms with van der Waals surface area (Å²) in [6, 6.07) is 38.8. The zero-order valence-electron chi connectivity index (χ0n) is 46.4. The molecule has 7 rings (SSSR count). The lowest BCUT2D eigenvalue weighted by molar-refractivity contribution is -0.117. The zero-order valence-corrected chi connectivity index (χ0v) is 51.3. The van der Waals surface area contributed by atoms with Crippen LogP contribution in [-0.4, -0.2) is 86.3 Å². The Morgan fingerprint density at radius 1 is 0.376 bits per heavy atom. The molecule has 9 N–H and O–H groups in total. The molecule has 0 bridgehead atoms. The molecule has 5 amide bonds. The van der Waals surface area contributed by atoms with Gasteiger partial charge in [0.05, 0.1) is 57.9 Å². The molecule has 7 aromatic rings. The number of unbranched alkanes of at least 4 members (excludes halogenated alkanes) is 6. The van der Waals surface area contributed by atoms with Crippen LogP contribution in [0.1, 0.15) is 118 Å². The smallest absolute Gasteiger partial charge is 0.336 e. The van der Waals surface area contributed by atoms with E-state index in [1.165, 1.54) is 55.3 Å². The van der Waals surface area contributed by atoms with E-state index in [2.05, 4.69) is 41.5 Å². The van der Waals surface area contributed by atoms with E-state index in [-0.39, 0.29) is 65.5 Å². The van der Waals surface area contributed by atoms with Crippen LogP contribution in [0.15, 0.2) is 190 Å². The molecule has 0 atom stereocenters. The second-order valence-corrected chi connectivity index (χ2v) is 22.5. The maximum Gasteiger partial charge on any atom is 0.336 e.